The quantitative estimate of drug-likeness (QED) is 0.213. The molecule has 2 aliphatic carbocycles. The van der Waals surface area contributed by atoms with Crippen LogP contribution < -0.4 is 0 Å². The summed E-state index contributed by atoms with van der Waals surface area (Å²) in [6, 6.07) is 49.9. The first-order valence-electron chi connectivity index (χ1n) is 14.5. The predicted molar refractivity (Wildman–Crippen MR) is 174 cm³/mol. The SMILES string of the molecule is CC1(C)c2ccccc2-c2cc(-c3ccc4cc(-c5ccc6c7c(cccc57)-c5ccccc5-6)ccc4c3)ccc21. The Balaban J connectivity index is 1.14. The molecular formula is C41H28. The van der Waals surface area contributed by atoms with E-state index in [0.29, 0.717) is 0 Å². The molecule has 2 aliphatic rings. The lowest BCUT2D eigenvalue weighted by Crippen LogP contribution is -2.14. The molecule has 0 fully saturated rings. The van der Waals surface area contributed by atoms with Crippen LogP contribution in [0, 0.1) is 0 Å². The third-order valence-electron chi connectivity index (χ3n) is 9.62. The van der Waals surface area contributed by atoms with Gasteiger partial charge in [-0.2, -0.15) is 0 Å². The van der Waals surface area contributed by atoms with Crippen molar-refractivity contribution >= 4 is 21.5 Å². The fourth-order valence-electron chi connectivity index (χ4n) is 7.55. The van der Waals surface area contributed by atoms with E-state index in [-0.39, 0.29) is 5.41 Å². The smallest absolute Gasteiger partial charge is 0.0158 e. The van der Waals surface area contributed by atoms with Crippen molar-refractivity contribution in [2.45, 2.75) is 19.3 Å². The average Bonchev–Trinajstić information content (AvgIpc) is 3.47. The van der Waals surface area contributed by atoms with E-state index in [4.69, 9.17) is 0 Å². The van der Waals surface area contributed by atoms with Gasteiger partial charge in [-0.15, -0.1) is 0 Å². The highest BCUT2D eigenvalue weighted by Crippen LogP contribution is 2.51. The van der Waals surface area contributed by atoms with Crippen LogP contribution in [0.1, 0.15) is 25.0 Å². The average molecular weight is 521 g/mol. The van der Waals surface area contributed by atoms with Gasteiger partial charge in [0.25, 0.3) is 0 Å². The van der Waals surface area contributed by atoms with E-state index in [1.54, 1.807) is 0 Å². The molecule has 0 unspecified atom stereocenters. The van der Waals surface area contributed by atoms with Crippen molar-refractivity contribution in [1.82, 2.24) is 0 Å². The topological polar surface area (TPSA) is 0 Å². The zero-order chi connectivity index (χ0) is 27.3. The Kier molecular flexibility index (Phi) is 4.49. The van der Waals surface area contributed by atoms with Gasteiger partial charge in [0.1, 0.15) is 0 Å². The van der Waals surface area contributed by atoms with E-state index in [2.05, 4.69) is 147 Å². The molecule has 0 bridgehead atoms. The summed E-state index contributed by atoms with van der Waals surface area (Å²) in [4.78, 5) is 0. The number of benzene rings is 7. The minimum Gasteiger partial charge on any atom is -0.0619 e. The first-order chi connectivity index (χ1) is 20.1. The third-order valence-corrected chi connectivity index (χ3v) is 9.62. The lowest BCUT2D eigenvalue weighted by atomic mass is 9.82. The minimum absolute atomic E-state index is 0.0374. The maximum atomic E-state index is 2.39. The minimum atomic E-state index is 0.0374. The summed E-state index contributed by atoms with van der Waals surface area (Å²) in [5.41, 5.74) is 16.1. The van der Waals surface area contributed by atoms with E-state index in [0.717, 1.165) is 0 Å². The van der Waals surface area contributed by atoms with Crippen molar-refractivity contribution in [3.05, 3.63) is 145 Å². The molecule has 0 N–H and O–H groups in total. The Morgan fingerprint density at radius 1 is 0.366 bits per heavy atom. The van der Waals surface area contributed by atoms with Gasteiger partial charge >= 0.3 is 0 Å². The Morgan fingerprint density at radius 2 is 0.927 bits per heavy atom. The summed E-state index contributed by atoms with van der Waals surface area (Å²) in [5, 5.41) is 5.24. The molecule has 0 aliphatic heterocycles. The summed E-state index contributed by atoms with van der Waals surface area (Å²) in [6.45, 7) is 4.68. The van der Waals surface area contributed by atoms with Crippen LogP contribution in [0.25, 0.3) is 77.2 Å². The van der Waals surface area contributed by atoms with E-state index in [9.17, 15) is 0 Å². The second-order valence-electron chi connectivity index (χ2n) is 12.1. The van der Waals surface area contributed by atoms with Crippen molar-refractivity contribution in [2.75, 3.05) is 0 Å². The van der Waals surface area contributed by atoms with Crippen LogP contribution in [0.15, 0.2) is 133 Å². The molecule has 41 heavy (non-hydrogen) atoms. The lowest BCUT2D eigenvalue weighted by molar-refractivity contribution is 0.660. The molecule has 0 saturated carbocycles. The molecule has 9 rings (SSSR count). The van der Waals surface area contributed by atoms with Gasteiger partial charge in [-0.3, -0.25) is 0 Å². The Morgan fingerprint density at radius 3 is 1.73 bits per heavy atom. The predicted octanol–water partition coefficient (Wildman–Crippen LogP) is 11.3. The van der Waals surface area contributed by atoms with Crippen molar-refractivity contribution in [3.63, 3.8) is 0 Å². The Hall–Kier alpha value is -4.94. The second kappa shape index (κ2) is 8.05. The molecule has 0 heterocycles. The second-order valence-corrected chi connectivity index (χ2v) is 12.1. The molecule has 0 atom stereocenters. The van der Waals surface area contributed by atoms with E-state index in [1.165, 1.54) is 88.3 Å². The van der Waals surface area contributed by atoms with Gasteiger partial charge in [-0.25, -0.2) is 0 Å². The molecule has 0 aromatic heterocycles. The summed E-state index contributed by atoms with van der Waals surface area (Å²) in [7, 11) is 0. The standard InChI is InChI=1S/C41H28/c1-41(2)38-13-6-5-10-33(38)37-24-28(18-21-39(37)41)26-14-15-27-23-29(17-16-25(27)22-26)30-19-20-36-32-9-4-3-8-31(32)35-12-7-11-34(30)40(35)36/h3-24H,1-2H3. The van der Waals surface area contributed by atoms with Gasteiger partial charge in [0, 0.05) is 5.41 Å². The van der Waals surface area contributed by atoms with Gasteiger partial charge in [0.05, 0.1) is 0 Å². The Labute approximate surface area is 240 Å². The van der Waals surface area contributed by atoms with E-state index < -0.39 is 0 Å². The number of hydrogen-bond acceptors (Lipinski definition) is 0. The fraction of sp³-hybridized carbons (Fsp3) is 0.0732. The first-order valence-corrected chi connectivity index (χ1v) is 14.5. The molecule has 0 amide bonds. The van der Waals surface area contributed by atoms with Gasteiger partial charge in [-0.1, -0.05) is 129 Å². The summed E-state index contributed by atoms with van der Waals surface area (Å²) < 4.78 is 0. The molecule has 0 spiro atoms. The lowest BCUT2D eigenvalue weighted by Gasteiger charge is -2.21. The van der Waals surface area contributed by atoms with Crippen molar-refractivity contribution < 1.29 is 0 Å². The van der Waals surface area contributed by atoms with Crippen LogP contribution in [0.2, 0.25) is 0 Å². The van der Waals surface area contributed by atoms with Gasteiger partial charge < -0.3 is 0 Å². The maximum Gasteiger partial charge on any atom is 0.0158 e. The highest BCUT2D eigenvalue weighted by Gasteiger charge is 2.35. The van der Waals surface area contributed by atoms with Crippen LogP contribution in [-0.2, 0) is 5.41 Å². The molecule has 0 heteroatoms. The van der Waals surface area contributed by atoms with Crippen LogP contribution in [0.3, 0.4) is 0 Å². The van der Waals surface area contributed by atoms with E-state index >= 15 is 0 Å². The summed E-state index contributed by atoms with van der Waals surface area (Å²) in [6.07, 6.45) is 0. The maximum absolute atomic E-state index is 2.39. The first kappa shape index (κ1) is 22.8. The monoisotopic (exact) mass is 520 g/mol. The van der Waals surface area contributed by atoms with Crippen LogP contribution >= 0.6 is 0 Å². The van der Waals surface area contributed by atoms with Crippen LogP contribution in [-0.4, -0.2) is 0 Å². The zero-order valence-electron chi connectivity index (χ0n) is 23.2. The zero-order valence-corrected chi connectivity index (χ0v) is 23.2. The third kappa shape index (κ3) is 3.11. The largest absolute Gasteiger partial charge is 0.0619 e. The molecule has 192 valence electrons. The molecule has 7 aromatic rings. The highest BCUT2D eigenvalue weighted by molar-refractivity contribution is 6.18. The Bertz CT molecular complexity index is 2200. The number of rotatable bonds is 2. The van der Waals surface area contributed by atoms with Gasteiger partial charge in [0.15, 0.2) is 0 Å². The molecule has 0 radical (unpaired) electrons. The highest BCUT2D eigenvalue weighted by atomic mass is 14.4. The van der Waals surface area contributed by atoms with Crippen molar-refractivity contribution in [3.8, 4) is 55.6 Å². The van der Waals surface area contributed by atoms with Crippen molar-refractivity contribution in [2.24, 2.45) is 0 Å². The van der Waals surface area contributed by atoms with Crippen LogP contribution in [0.4, 0.5) is 0 Å². The number of fused-ring (bicyclic) bond motifs is 7. The fourth-order valence-corrected chi connectivity index (χ4v) is 7.55. The molecular weight excluding hydrogens is 492 g/mol. The molecule has 0 saturated heterocycles. The van der Waals surface area contributed by atoms with Gasteiger partial charge in [0.2, 0.25) is 0 Å². The van der Waals surface area contributed by atoms with Crippen LogP contribution in [0.5, 0.6) is 0 Å². The molecule has 7 aromatic carbocycles. The molecule has 0 nitrogen and oxygen atoms in total. The number of hydrogen-bond donors (Lipinski definition) is 0. The van der Waals surface area contributed by atoms with E-state index in [1.807, 2.05) is 0 Å². The summed E-state index contributed by atoms with van der Waals surface area (Å²) in [5.74, 6) is 0. The normalized spacial score (nSPS) is 13.8. The van der Waals surface area contributed by atoms with Crippen molar-refractivity contribution in [1.29, 1.82) is 0 Å². The summed E-state index contributed by atoms with van der Waals surface area (Å²) >= 11 is 0. The van der Waals surface area contributed by atoms with Gasteiger partial charge in [-0.05, 0) is 107 Å².